The van der Waals surface area contributed by atoms with Gasteiger partial charge >= 0.3 is 0 Å². The predicted molar refractivity (Wildman–Crippen MR) is 87.7 cm³/mol. The average Bonchev–Trinajstić information content (AvgIpc) is 2.79. The Hall–Kier alpha value is -1.14. The van der Waals surface area contributed by atoms with Gasteiger partial charge in [-0.25, -0.2) is 4.98 Å². The molecule has 0 aromatic carbocycles. The summed E-state index contributed by atoms with van der Waals surface area (Å²) in [5.74, 6) is 0.841. The second-order valence-electron chi connectivity index (χ2n) is 5.67. The van der Waals surface area contributed by atoms with E-state index in [1.807, 2.05) is 6.20 Å². The zero-order chi connectivity index (χ0) is 15.2. The molecule has 0 saturated carbocycles. The van der Waals surface area contributed by atoms with Crippen LogP contribution < -0.4 is 10.6 Å². The van der Waals surface area contributed by atoms with Crippen molar-refractivity contribution in [3.63, 3.8) is 0 Å². The van der Waals surface area contributed by atoms with E-state index in [2.05, 4.69) is 60.4 Å². The Balaban J connectivity index is 2.33. The quantitative estimate of drug-likeness (QED) is 0.617. The molecule has 0 aliphatic carbocycles. The zero-order valence-corrected chi connectivity index (χ0v) is 14.3. The van der Waals surface area contributed by atoms with Gasteiger partial charge in [0.1, 0.15) is 0 Å². The lowest BCUT2D eigenvalue weighted by Gasteiger charge is -2.33. The van der Waals surface area contributed by atoms with Gasteiger partial charge in [0.2, 0.25) is 0 Å². The van der Waals surface area contributed by atoms with E-state index < -0.39 is 0 Å². The standard InChI is InChI=1S/C14H27N5S/c1-11-9-17-12(20-11)7-8-16-13(15-4)18-10-14(2,3)19(5)6/h9H,7-8,10H2,1-6H3,(H2,15,16,18). The smallest absolute Gasteiger partial charge is 0.191 e. The monoisotopic (exact) mass is 297 g/mol. The van der Waals surface area contributed by atoms with Gasteiger partial charge in [-0.2, -0.15) is 0 Å². The van der Waals surface area contributed by atoms with Crippen LogP contribution in [0.3, 0.4) is 0 Å². The molecule has 0 fully saturated rings. The average molecular weight is 297 g/mol. The summed E-state index contributed by atoms with van der Waals surface area (Å²) in [7, 11) is 5.97. The molecule has 2 N–H and O–H groups in total. The fraction of sp³-hybridized carbons (Fsp3) is 0.714. The summed E-state index contributed by atoms with van der Waals surface area (Å²) >= 11 is 1.75. The number of aromatic nitrogens is 1. The van der Waals surface area contributed by atoms with Gasteiger partial charge in [-0.1, -0.05) is 0 Å². The molecule has 0 amide bonds. The Morgan fingerprint density at radius 1 is 1.40 bits per heavy atom. The normalized spacial score (nSPS) is 12.8. The lowest BCUT2D eigenvalue weighted by atomic mass is 10.0. The summed E-state index contributed by atoms with van der Waals surface area (Å²) in [4.78, 5) is 12.1. The summed E-state index contributed by atoms with van der Waals surface area (Å²) in [5.41, 5.74) is 0.0873. The summed E-state index contributed by atoms with van der Waals surface area (Å²) in [6, 6.07) is 0. The van der Waals surface area contributed by atoms with Gasteiger partial charge in [0.15, 0.2) is 5.96 Å². The minimum absolute atomic E-state index is 0.0873. The first kappa shape index (κ1) is 16.9. The highest BCUT2D eigenvalue weighted by atomic mass is 32.1. The molecule has 114 valence electrons. The molecular formula is C14H27N5S. The van der Waals surface area contributed by atoms with Crippen LogP contribution in [0, 0.1) is 6.92 Å². The Morgan fingerprint density at radius 3 is 2.60 bits per heavy atom. The molecule has 0 aliphatic heterocycles. The van der Waals surface area contributed by atoms with Crippen molar-refractivity contribution in [2.24, 2.45) is 4.99 Å². The first-order valence-electron chi connectivity index (χ1n) is 6.88. The highest BCUT2D eigenvalue weighted by Crippen LogP contribution is 2.11. The summed E-state index contributed by atoms with van der Waals surface area (Å²) in [6.45, 7) is 8.17. The van der Waals surface area contributed by atoms with E-state index in [0.717, 1.165) is 25.5 Å². The van der Waals surface area contributed by atoms with E-state index in [-0.39, 0.29) is 5.54 Å². The molecule has 0 saturated heterocycles. The Morgan fingerprint density at radius 2 is 2.10 bits per heavy atom. The maximum atomic E-state index is 4.36. The molecule has 0 radical (unpaired) electrons. The molecule has 0 aliphatic rings. The Bertz CT molecular complexity index is 437. The van der Waals surface area contributed by atoms with Crippen LogP contribution in [-0.4, -0.2) is 55.6 Å². The van der Waals surface area contributed by atoms with Crippen LogP contribution in [0.15, 0.2) is 11.2 Å². The van der Waals surface area contributed by atoms with Crippen molar-refractivity contribution in [2.75, 3.05) is 34.2 Å². The molecule has 5 nitrogen and oxygen atoms in total. The number of likely N-dealkylation sites (N-methyl/N-ethyl adjacent to an activating group) is 1. The first-order chi connectivity index (χ1) is 9.35. The fourth-order valence-corrected chi connectivity index (χ4v) is 2.27. The topological polar surface area (TPSA) is 52.6 Å². The van der Waals surface area contributed by atoms with Crippen molar-refractivity contribution < 1.29 is 0 Å². The van der Waals surface area contributed by atoms with E-state index >= 15 is 0 Å². The van der Waals surface area contributed by atoms with Crippen molar-refractivity contribution in [1.29, 1.82) is 0 Å². The zero-order valence-electron chi connectivity index (χ0n) is 13.4. The third-order valence-corrected chi connectivity index (χ3v) is 4.40. The summed E-state index contributed by atoms with van der Waals surface area (Å²) in [5, 5.41) is 7.85. The number of aryl methyl sites for hydroxylation is 1. The number of nitrogens with zero attached hydrogens (tertiary/aromatic N) is 3. The maximum absolute atomic E-state index is 4.36. The molecule has 20 heavy (non-hydrogen) atoms. The number of rotatable bonds is 6. The maximum Gasteiger partial charge on any atom is 0.191 e. The first-order valence-corrected chi connectivity index (χ1v) is 7.70. The molecule has 0 atom stereocenters. The van der Waals surface area contributed by atoms with Crippen LogP contribution in [0.25, 0.3) is 0 Å². The molecule has 0 bridgehead atoms. The molecule has 0 spiro atoms. The third-order valence-electron chi connectivity index (χ3n) is 3.42. The molecular weight excluding hydrogens is 270 g/mol. The molecule has 1 aromatic rings. The SMILES string of the molecule is CN=C(NCCc1ncc(C)s1)NCC(C)(C)N(C)C. The predicted octanol–water partition coefficient (Wildman–Crippen LogP) is 1.50. The van der Waals surface area contributed by atoms with Crippen LogP contribution in [0.4, 0.5) is 0 Å². The van der Waals surface area contributed by atoms with E-state index in [1.54, 1.807) is 18.4 Å². The largest absolute Gasteiger partial charge is 0.356 e. The Labute approximate surface area is 126 Å². The Kier molecular flexibility index (Phi) is 6.42. The number of nitrogens with one attached hydrogen (secondary N) is 2. The molecule has 1 rings (SSSR count). The summed E-state index contributed by atoms with van der Waals surface area (Å²) in [6.07, 6.45) is 2.85. The van der Waals surface area contributed by atoms with Gasteiger partial charge in [0.25, 0.3) is 0 Å². The van der Waals surface area contributed by atoms with Gasteiger partial charge < -0.3 is 15.5 Å². The lowest BCUT2D eigenvalue weighted by molar-refractivity contribution is 0.197. The van der Waals surface area contributed by atoms with E-state index in [4.69, 9.17) is 0 Å². The number of hydrogen-bond acceptors (Lipinski definition) is 4. The second kappa shape index (κ2) is 7.59. The van der Waals surface area contributed by atoms with E-state index in [9.17, 15) is 0 Å². The van der Waals surface area contributed by atoms with Crippen LogP contribution in [0.2, 0.25) is 0 Å². The van der Waals surface area contributed by atoms with Crippen molar-refractivity contribution in [3.05, 3.63) is 16.1 Å². The van der Waals surface area contributed by atoms with Gasteiger partial charge in [0, 0.05) is 43.2 Å². The van der Waals surface area contributed by atoms with Crippen molar-refractivity contribution >= 4 is 17.3 Å². The van der Waals surface area contributed by atoms with Crippen LogP contribution in [0.5, 0.6) is 0 Å². The van der Waals surface area contributed by atoms with Gasteiger partial charge in [-0.05, 0) is 34.9 Å². The molecule has 0 unspecified atom stereocenters. The second-order valence-corrected chi connectivity index (χ2v) is 6.99. The highest BCUT2D eigenvalue weighted by molar-refractivity contribution is 7.11. The number of thiazole rings is 1. The minimum Gasteiger partial charge on any atom is -0.356 e. The lowest BCUT2D eigenvalue weighted by Crippen LogP contribution is -2.51. The molecule has 6 heteroatoms. The molecule has 1 aromatic heterocycles. The van der Waals surface area contributed by atoms with Crippen molar-refractivity contribution in [2.45, 2.75) is 32.7 Å². The van der Waals surface area contributed by atoms with Crippen molar-refractivity contribution in [1.82, 2.24) is 20.5 Å². The van der Waals surface area contributed by atoms with Crippen LogP contribution >= 0.6 is 11.3 Å². The summed E-state index contributed by atoms with van der Waals surface area (Å²) < 4.78 is 0. The van der Waals surface area contributed by atoms with Crippen molar-refractivity contribution in [3.8, 4) is 0 Å². The number of guanidine groups is 1. The minimum atomic E-state index is 0.0873. The highest BCUT2D eigenvalue weighted by Gasteiger charge is 2.20. The van der Waals surface area contributed by atoms with E-state index in [1.165, 1.54) is 9.88 Å². The molecule has 1 heterocycles. The van der Waals surface area contributed by atoms with Crippen LogP contribution in [0.1, 0.15) is 23.7 Å². The third kappa shape index (κ3) is 5.46. The van der Waals surface area contributed by atoms with Gasteiger partial charge in [0.05, 0.1) is 5.01 Å². The van der Waals surface area contributed by atoms with E-state index in [0.29, 0.717) is 0 Å². The number of hydrogen-bond donors (Lipinski definition) is 2. The number of aliphatic imine (C=N–C) groups is 1. The van der Waals surface area contributed by atoms with Crippen LogP contribution in [-0.2, 0) is 6.42 Å². The van der Waals surface area contributed by atoms with Gasteiger partial charge in [-0.3, -0.25) is 4.99 Å². The fourth-order valence-electron chi connectivity index (χ4n) is 1.48. The van der Waals surface area contributed by atoms with Gasteiger partial charge in [-0.15, -0.1) is 11.3 Å².